The normalized spacial score (nSPS) is 38.1. The number of nitrogens with zero attached hydrogens (tertiary/aromatic N) is 2. The van der Waals surface area contributed by atoms with Gasteiger partial charge in [0.2, 0.25) is 0 Å². The van der Waals surface area contributed by atoms with Crippen molar-refractivity contribution in [3.8, 4) is 0 Å². The second kappa shape index (κ2) is 4.63. The molecular weight excluding hydrogens is 244 g/mol. The molecule has 3 unspecified atom stereocenters. The predicted molar refractivity (Wildman–Crippen MR) is 63.9 cm³/mol. The van der Waals surface area contributed by atoms with E-state index >= 15 is 0 Å². The van der Waals surface area contributed by atoms with Crippen LogP contribution in [0, 0.1) is 0 Å². The molecule has 2 aliphatic rings. The number of ether oxygens (including phenoxy) is 1. The molecular formula is C11H19ClN2O3. The maximum absolute atomic E-state index is 11.2. The van der Waals surface area contributed by atoms with Crippen molar-refractivity contribution < 1.29 is 14.4 Å². The molecule has 0 saturated carbocycles. The van der Waals surface area contributed by atoms with Gasteiger partial charge in [-0.1, -0.05) is 0 Å². The number of carbonyl (C=O) groups excluding carboxylic acids is 1. The maximum atomic E-state index is 11.2. The van der Waals surface area contributed by atoms with E-state index in [1.807, 2.05) is 0 Å². The SMILES string of the molecule is CCOC(=O)ON1CC2N(C)C(C)CC2(Cl)C1. The summed E-state index contributed by atoms with van der Waals surface area (Å²) in [5.74, 6) is 0. The van der Waals surface area contributed by atoms with Gasteiger partial charge in [0.05, 0.1) is 24.6 Å². The highest BCUT2D eigenvalue weighted by molar-refractivity contribution is 6.25. The lowest BCUT2D eigenvalue weighted by atomic mass is 10.0. The van der Waals surface area contributed by atoms with Crippen LogP contribution in [-0.2, 0) is 9.57 Å². The van der Waals surface area contributed by atoms with Crippen LogP contribution < -0.4 is 0 Å². The van der Waals surface area contributed by atoms with Gasteiger partial charge in [0.15, 0.2) is 0 Å². The number of hydrogen-bond donors (Lipinski definition) is 0. The molecule has 2 aliphatic heterocycles. The van der Waals surface area contributed by atoms with Gasteiger partial charge in [-0.05, 0) is 27.3 Å². The van der Waals surface area contributed by atoms with Crippen molar-refractivity contribution >= 4 is 17.8 Å². The number of hydrogen-bond acceptors (Lipinski definition) is 5. The highest BCUT2D eigenvalue weighted by atomic mass is 35.5. The van der Waals surface area contributed by atoms with Crippen molar-refractivity contribution in [2.45, 2.75) is 37.2 Å². The topological polar surface area (TPSA) is 42.0 Å². The number of likely N-dealkylation sites (N-methyl/N-ethyl adjacent to an activating group) is 1. The van der Waals surface area contributed by atoms with Gasteiger partial charge in [0, 0.05) is 12.1 Å². The zero-order chi connectivity index (χ0) is 12.6. The Balaban J connectivity index is 1.94. The van der Waals surface area contributed by atoms with E-state index in [9.17, 15) is 4.79 Å². The third kappa shape index (κ3) is 2.37. The number of alkyl halides is 1. The molecule has 0 aromatic rings. The van der Waals surface area contributed by atoms with E-state index in [4.69, 9.17) is 21.2 Å². The summed E-state index contributed by atoms with van der Waals surface area (Å²) in [5, 5.41) is 1.61. The summed E-state index contributed by atoms with van der Waals surface area (Å²) in [6, 6.07) is 0.704. The largest absolute Gasteiger partial charge is 0.527 e. The summed E-state index contributed by atoms with van der Waals surface area (Å²) in [7, 11) is 2.06. The summed E-state index contributed by atoms with van der Waals surface area (Å²) >= 11 is 6.60. The zero-order valence-electron chi connectivity index (χ0n) is 10.5. The summed E-state index contributed by atoms with van der Waals surface area (Å²) in [6.45, 7) is 5.44. The Bertz CT molecular complexity index is 315. The first kappa shape index (κ1) is 12.9. The van der Waals surface area contributed by atoms with E-state index in [0.29, 0.717) is 25.7 Å². The third-order valence-corrected chi connectivity index (χ3v) is 4.23. The van der Waals surface area contributed by atoms with E-state index in [-0.39, 0.29) is 10.9 Å². The molecule has 0 aromatic carbocycles. The summed E-state index contributed by atoms with van der Waals surface area (Å²) in [6.07, 6.45) is 0.265. The van der Waals surface area contributed by atoms with Gasteiger partial charge in [-0.3, -0.25) is 4.90 Å². The lowest BCUT2D eigenvalue weighted by Gasteiger charge is -2.23. The lowest BCUT2D eigenvalue weighted by Crippen LogP contribution is -2.38. The van der Waals surface area contributed by atoms with Gasteiger partial charge < -0.3 is 9.57 Å². The van der Waals surface area contributed by atoms with E-state index in [1.54, 1.807) is 12.0 Å². The Hall–Kier alpha value is -0.520. The van der Waals surface area contributed by atoms with Gasteiger partial charge in [0.25, 0.3) is 0 Å². The average Bonchev–Trinajstić information content (AvgIpc) is 2.62. The Labute approximate surface area is 107 Å². The van der Waals surface area contributed by atoms with E-state index in [0.717, 1.165) is 6.42 Å². The fourth-order valence-electron chi connectivity index (χ4n) is 2.78. The number of likely N-dealkylation sites (tertiary alicyclic amines) is 1. The molecule has 0 aromatic heterocycles. The third-order valence-electron chi connectivity index (χ3n) is 3.70. The second-order valence-corrected chi connectivity index (χ2v) is 5.62. The second-order valence-electron chi connectivity index (χ2n) is 4.87. The number of halogens is 1. The summed E-state index contributed by atoms with van der Waals surface area (Å²) in [4.78, 5) is 18.3. The van der Waals surface area contributed by atoms with Crippen LogP contribution in [0.3, 0.4) is 0 Å². The molecule has 0 amide bonds. The minimum atomic E-state index is -0.650. The molecule has 98 valence electrons. The highest BCUT2D eigenvalue weighted by Crippen LogP contribution is 2.42. The highest BCUT2D eigenvalue weighted by Gasteiger charge is 2.55. The molecule has 5 nitrogen and oxygen atoms in total. The molecule has 0 bridgehead atoms. The van der Waals surface area contributed by atoms with Crippen LogP contribution >= 0.6 is 11.6 Å². The first-order valence-corrected chi connectivity index (χ1v) is 6.34. The fourth-order valence-corrected chi connectivity index (χ4v) is 3.35. The van der Waals surface area contributed by atoms with Crippen molar-refractivity contribution in [3.63, 3.8) is 0 Å². The smallest absolute Gasteiger partial charge is 0.433 e. The van der Waals surface area contributed by atoms with E-state index in [1.165, 1.54) is 0 Å². The van der Waals surface area contributed by atoms with Gasteiger partial charge in [-0.2, -0.15) is 0 Å². The Morgan fingerprint density at radius 2 is 2.29 bits per heavy atom. The van der Waals surface area contributed by atoms with Crippen molar-refractivity contribution in [1.82, 2.24) is 9.96 Å². The molecule has 2 fully saturated rings. The zero-order valence-corrected chi connectivity index (χ0v) is 11.2. The molecule has 0 aliphatic carbocycles. The Morgan fingerprint density at radius 1 is 1.59 bits per heavy atom. The Kier molecular flexibility index (Phi) is 3.52. The molecule has 0 spiro atoms. The molecule has 3 atom stereocenters. The number of rotatable bonds is 2. The van der Waals surface area contributed by atoms with Crippen LogP contribution in [0.25, 0.3) is 0 Å². The van der Waals surface area contributed by atoms with Crippen LogP contribution in [-0.4, -0.2) is 59.8 Å². The van der Waals surface area contributed by atoms with Crippen molar-refractivity contribution in [2.24, 2.45) is 0 Å². The van der Waals surface area contributed by atoms with Crippen molar-refractivity contribution in [3.05, 3.63) is 0 Å². The predicted octanol–water partition coefficient (Wildman–Crippen LogP) is 1.46. The van der Waals surface area contributed by atoms with Crippen LogP contribution in [0.1, 0.15) is 20.3 Å². The lowest BCUT2D eigenvalue weighted by molar-refractivity contribution is -0.117. The van der Waals surface area contributed by atoms with E-state index < -0.39 is 6.16 Å². The number of fused-ring (bicyclic) bond motifs is 1. The van der Waals surface area contributed by atoms with Crippen LogP contribution in [0.2, 0.25) is 0 Å². The van der Waals surface area contributed by atoms with Gasteiger partial charge in [0.1, 0.15) is 0 Å². The monoisotopic (exact) mass is 262 g/mol. The van der Waals surface area contributed by atoms with Crippen LogP contribution in [0.15, 0.2) is 0 Å². The van der Waals surface area contributed by atoms with Gasteiger partial charge in [-0.25, -0.2) is 4.79 Å². The number of hydroxylamine groups is 2. The van der Waals surface area contributed by atoms with Crippen LogP contribution in [0.5, 0.6) is 0 Å². The summed E-state index contributed by atoms with van der Waals surface area (Å²) in [5.41, 5.74) is 0. The fraction of sp³-hybridized carbons (Fsp3) is 0.909. The standard InChI is InChI=1S/C11H19ClN2O3/c1-4-16-10(15)17-14-6-9-11(12,7-14)5-8(2)13(9)3/h8-9H,4-7H2,1-3H3. The molecule has 0 N–H and O–H groups in total. The minimum Gasteiger partial charge on any atom is -0.433 e. The quantitative estimate of drug-likeness (QED) is 0.557. The van der Waals surface area contributed by atoms with Crippen molar-refractivity contribution in [1.29, 1.82) is 0 Å². The van der Waals surface area contributed by atoms with E-state index in [2.05, 4.69) is 18.9 Å². The first-order chi connectivity index (χ1) is 7.96. The molecule has 2 rings (SSSR count). The van der Waals surface area contributed by atoms with Gasteiger partial charge >= 0.3 is 6.16 Å². The molecule has 17 heavy (non-hydrogen) atoms. The maximum Gasteiger partial charge on any atom is 0.527 e. The minimum absolute atomic E-state index is 0.230. The molecule has 2 heterocycles. The molecule has 6 heteroatoms. The molecule has 0 radical (unpaired) electrons. The molecule has 2 saturated heterocycles. The first-order valence-electron chi connectivity index (χ1n) is 5.97. The van der Waals surface area contributed by atoms with Crippen molar-refractivity contribution in [2.75, 3.05) is 26.7 Å². The van der Waals surface area contributed by atoms with Gasteiger partial charge in [-0.15, -0.1) is 16.7 Å². The Morgan fingerprint density at radius 3 is 2.88 bits per heavy atom. The number of carbonyl (C=O) groups is 1. The average molecular weight is 263 g/mol. The summed E-state index contributed by atoms with van der Waals surface area (Å²) < 4.78 is 4.75. The van der Waals surface area contributed by atoms with Crippen LogP contribution in [0.4, 0.5) is 4.79 Å².